The molecule has 8 heteroatoms. The van der Waals surface area contributed by atoms with Gasteiger partial charge >= 0.3 is 0 Å². The molecule has 7 nitrogen and oxygen atoms in total. The van der Waals surface area contributed by atoms with Crippen LogP contribution in [0.4, 0.5) is 5.69 Å². The Morgan fingerprint density at radius 2 is 1.76 bits per heavy atom. The van der Waals surface area contributed by atoms with Crippen LogP contribution in [0.15, 0.2) is 54.7 Å². The van der Waals surface area contributed by atoms with E-state index in [-0.39, 0.29) is 11.1 Å². The zero-order chi connectivity index (χ0) is 29.2. The predicted octanol–water partition coefficient (Wildman–Crippen LogP) is 7.79. The normalized spacial score (nSPS) is 15.4. The number of benzene rings is 1. The summed E-state index contributed by atoms with van der Waals surface area (Å²) < 4.78 is 8.45. The molecule has 1 saturated heterocycles. The van der Waals surface area contributed by atoms with Crippen molar-refractivity contribution in [3.8, 4) is 17.1 Å². The molecule has 0 bridgehead atoms. The van der Waals surface area contributed by atoms with Gasteiger partial charge in [0, 0.05) is 35.8 Å². The summed E-state index contributed by atoms with van der Waals surface area (Å²) in [5, 5.41) is 6.16. The summed E-state index contributed by atoms with van der Waals surface area (Å²) >= 11 is 0. The maximum Gasteiger partial charge on any atom is 0.192 e. The summed E-state index contributed by atoms with van der Waals surface area (Å²) in [6.45, 7) is 16.1. The van der Waals surface area contributed by atoms with Gasteiger partial charge in [-0.1, -0.05) is 46.2 Å². The first-order chi connectivity index (χ1) is 19.6. The lowest BCUT2D eigenvalue weighted by atomic mass is 10.0. The molecule has 218 valence electrons. The quantitative estimate of drug-likeness (QED) is 0.207. The molecule has 5 rings (SSSR count). The minimum absolute atomic E-state index is 0.0590. The van der Waals surface area contributed by atoms with Crippen LogP contribution in [-0.2, 0) is 11.0 Å². The van der Waals surface area contributed by atoms with Gasteiger partial charge < -0.3 is 15.1 Å². The number of pyridine rings is 2. The SMILES string of the molecule is CCCC(N)c1cccc(-c2cc(N3CCCCC3)c3cnn(-c4cccc(CO[Si](C)(C)C(C)(C)C)n4)c3c2)n1. The standard InChI is InChI=1S/C33H46N6OSi/c1-7-13-27(34)29-16-12-15-28(37-29)24-20-30(38-18-9-8-10-19-38)26-22-35-39(31(26)21-24)32-17-11-14-25(36-32)23-40-41(5,6)33(2,3)4/h11-12,14-17,20-22,27H,7-10,13,18-19,23,34H2,1-6H3. The maximum atomic E-state index is 6.48. The third-order valence-electron chi connectivity index (χ3n) is 8.81. The Balaban J connectivity index is 1.56. The van der Waals surface area contributed by atoms with E-state index in [1.165, 1.54) is 24.9 Å². The van der Waals surface area contributed by atoms with Crippen molar-refractivity contribution in [2.24, 2.45) is 5.73 Å². The molecule has 2 N–H and O–H groups in total. The molecule has 1 aliphatic rings. The fourth-order valence-corrected chi connectivity index (χ4v) is 6.19. The highest BCUT2D eigenvalue weighted by molar-refractivity contribution is 6.74. The topological polar surface area (TPSA) is 82.1 Å². The van der Waals surface area contributed by atoms with Crippen molar-refractivity contribution in [2.45, 2.75) is 90.6 Å². The number of anilines is 1. The maximum absolute atomic E-state index is 6.48. The van der Waals surface area contributed by atoms with Crippen molar-refractivity contribution in [1.82, 2.24) is 19.7 Å². The van der Waals surface area contributed by atoms with Crippen LogP contribution >= 0.6 is 0 Å². The van der Waals surface area contributed by atoms with E-state index in [0.717, 1.165) is 65.3 Å². The van der Waals surface area contributed by atoms with Crippen LogP contribution in [0.2, 0.25) is 18.1 Å². The van der Waals surface area contributed by atoms with Gasteiger partial charge in [0.15, 0.2) is 14.1 Å². The zero-order valence-corrected chi connectivity index (χ0v) is 26.7. The number of aromatic nitrogens is 4. The fraction of sp³-hybridized carbons (Fsp3) is 0.485. The second-order valence-electron chi connectivity index (χ2n) is 12.9. The van der Waals surface area contributed by atoms with Crippen LogP contribution in [0.3, 0.4) is 0 Å². The lowest BCUT2D eigenvalue weighted by Crippen LogP contribution is -2.40. The smallest absolute Gasteiger partial charge is 0.192 e. The highest BCUT2D eigenvalue weighted by Gasteiger charge is 2.37. The molecule has 3 aromatic heterocycles. The first-order valence-corrected chi connectivity index (χ1v) is 18.1. The predicted molar refractivity (Wildman–Crippen MR) is 172 cm³/mol. The van der Waals surface area contributed by atoms with E-state index in [2.05, 4.69) is 76.0 Å². The monoisotopic (exact) mass is 570 g/mol. The van der Waals surface area contributed by atoms with Gasteiger partial charge in [-0.05, 0) is 80.2 Å². The molecule has 0 saturated carbocycles. The van der Waals surface area contributed by atoms with Crippen LogP contribution in [0, 0.1) is 0 Å². The van der Waals surface area contributed by atoms with Gasteiger partial charge in [0.2, 0.25) is 0 Å². The van der Waals surface area contributed by atoms with E-state index in [4.69, 9.17) is 25.2 Å². The average molecular weight is 571 g/mol. The van der Waals surface area contributed by atoms with Crippen molar-refractivity contribution in [1.29, 1.82) is 0 Å². The van der Waals surface area contributed by atoms with Crippen molar-refractivity contribution in [3.05, 3.63) is 66.1 Å². The first kappa shape index (κ1) is 29.4. The second kappa shape index (κ2) is 12.0. The molecule has 4 aromatic rings. The number of nitrogens with two attached hydrogens (primary N) is 1. The van der Waals surface area contributed by atoms with Gasteiger partial charge in [-0.2, -0.15) is 5.10 Å². The Labute approximate surface area is 246 Å². The van der Waals surface area contributed by atoms with Crippen LogP contribution in [-0.4, -0.2) is 41.2 Å². The third kappa shape index (κ3) is 6.40. The largest absolute Gasteiger partial charge is 0.411 e. The summed E-state index contributed by atoms with van der Waals surface area (Å²) in [6.07, 6.45) is 7.64. The van der Waals surface area contributed by atoms with Crippen LogP contribution in [0.5, 0.6) is 0 Å². The first-order valence-electron chi connectivity index (χ1n) is 15.2. The Bertz CT molecular complexity index is 1480. The number of hydrogen-bond donors (Lipinski definition) is 1. The molecular weight excluding hydrogens is 524 g/mol. The lowest BCUT2D eigenvalue weighted by Gasteiger charge is -2.36. The Hall–Kier alpha value is -3.07. The number of rotatable bonds is 9. The highest BCUT2D eigenvalue weighted by atomic mass is 28.4. The minimum Gasteiger partial charge on any atom is -0.411 e. The van der Waals surface area contributed by atoms with Gasteiger partial charge in [0.05, 0.1) is 35.4 Å². The number of hydrogen-bond acceptors (Lipinski definition) is 6. The second-order valence-corrected chi connectivity index (χ2v) is 17.7. The molecule has 1 fully saturated rings. The van der Waals surface area contributed by atoms with E-state index in [1.807, 2.05) is 29.1 Å². The molecule has 1 aromatic carbocycles. The summed E-state index contributed by atoms with van der Waals surface area (Å²) in [4.78, 5) is 12.5. The molecule has 1 unspecified atom stereocenters. The fourth-order valence-electron chi connectivity index (χ4n) is 5.25. The van der Waals surface area contributed by atoms with E-state index < -0.39 is 8.32 Å². The summed E-state index contributed by atoms with van der Waals surface area (Å²) in [5.41, 5.74) is 12.6. The van der Waals surface area contributed by atoms with Gasteiger partial charge in [-0.15, -0.1) is 0 Å². The summed E-state index contributed by atoms with van der Waals surface area (Å²) in [6, 6.07) is 16.7. The van der Waals surface area contributed by atoms with Gasteiger partial charge in [-0.25, -0.2) is 9.67 Å². The zero-order valence-electron chi connectivity index (χ0n) is 25.7. The van der Waals surface area contributed by atoms with Crippen molar-refractivity contribution >= 4 is 24.9 Å². The van der Waals surface area contributed by atoms with Gasteiger partial charge in [-0.3, -0.25) is 4.98 Å². The van der Waals surface area contributed by atoms with E-state index in [1.54, 1.807) is 0 Å². The molecule has 41 heavy (non-hydrogen) atoms. The molecule has 1 aliphatic heterocycles. The van der Waals surface area contributed by atoms with Crippen LogP contribution in [0.25, 0.3) is 28.0 Å². The molecule has 0 aliphatic carbocycles. The summed E-state index contributed by atoms with van der Waals surface area (Å²) in [5.74, 6) is 0.796. The Kier molecular flexibility index (Phi) is 8.64. The van der Waals surface area contributed by atoms with E-state index in [9.17, 15) is 0 Å². The van der Waals surface area contributed by atoms with Crippen LogP contribution in [0.1, 0.15) is 77.2 Å². The number of fused-ring (bicyclic) bond motifs is 1. The van der Waals surface area contributed by atoms with E-state index in [0.29, 0.717) is 6.61 Å². The van der Waals surface area contributed by atoms with Crippen LogP contribution < -0.4 is 10.6 Å². The lowest BCUT2D eigenvalue weighted by molar-refractivity contribution is 0.272. The molecule has 1 atom stereocenters. The molecule has 0 spiro atoms. The number of nitrogens with zero attached hydrogens (tertiary/aromatic N) is 5. The third-order valence-corrected chi connectivity index (χ3v) is 13.3. The van der Waals surface area contributed by atoms with Gasteiger partial charge in [0.25, 0.3) is 0 Å². The average Bonchev–Trinajstić information content (AvgIpc) is 3.40. The molecule has 4 heterocycles. The molecule has 0 amide bonds. The van der Waals surface area contributed by atoms with Crippen molar-refractivity contribution < 1.29 is 4.43 Å². The summed E-state index contributed by atoms with van der Waals surface area (Å²) in [7, 11) is -1.89. The van der Waals surface area contributed by atoms with E-state index >= 15 is 0 Å². The Morgan fingerprint density at radius 1 is 1.00 bits per heavy atom. The minimum atomic E-state index is -1.89. The molecular formula is C33H46N6OSi. The van der Waals surface area contributed by atoms with Crippen molar-refractivity contribution in [3.63, 3.8) is 0 Å². The highest BCUT2D eigenvalue weighted by Crippen LogP contribution is 2.38. The Morgan fingerprint density at radius 3 is 2.49 bits per heavy atom. The van der Waals surface area contributed by atoms with Crippen molar-refractivity contribution in [2.75, 3.05) is 18.0 Å². The number of piperidine rings is 1. The van der Waals surface area contributed by atoms with Gasteiger partial charge in [0.1, 0.15) is 0 Å². The molecule has 0 radical (unpaired) electrons.